The highest BCUT2D eigenvalue weighted by molar-refractivity contribution is 5.78. The number of hydrogen-bond acceptors (Lipinski definition) is 3. The van der Waals surface area contributed by atoms with Crippen LogP contribution in [0.4, 0.5) is 0 Å². The molecule has 3 nitrogen and oxygen atoms in total. The molecule has 1 aromatic carbocycles. The summed E-state index contributed by atoms with van der Waals surface area (Å²) in [7, 11) is 1.44. The van der Waals surface area contributed by atoms with Crippen LogP contribution in [0.1, 0.15) is 45.1 Å². The molecule has 0 aliphatic rings. The van der Waals surface area contributed by atoms with Crippen LogP contribution in [0, 0.1) is 0 Å². The summed E-state index contributed by atoms with van der Waals surface area (Å²) in [5.41, 5.74) is 1.07. The molecule has 0 saturated heterocycles. The molecule has 0 aliphatic carbocycles. The first-order valence-corrected chi connectivity index (χ1v) is 6.94. The largest absolute Gasteiger partial charge is 0.469 e. The number of ether oxygens (including phenoxy) is 1. The monoisotopic (exact) mass is 263 g/mol. The molecule has 0 saturated carbocycles. The molecule has 0 radical (unpaired) electrons. The average molecular weight is 263 g/mol. The number of hydrogen-bond donors (Lipinski definition) is 1. The molecular weight excluding hydrogens is 238 g/mol. The van der Waals surface area contributed by atoms with Crippen LogP contribution in [0.25, 0.3) is 0 Å². The molecule has 0 bridgehead atoms. The highest BCUT2D eigenvalue weighted by Gasteiger charge is 2.25. The second-order valence-electron chi connectivity index (χ2n) is 5.14. The lowest BCUT2D eigenvalue weighted by molar-refractivity contribution is -0.142. The molecule has 1 N–H and O–H groups in total. The topological polar surface area (TPSA) is 38.3 Å². The second-order valence-corrected chi connectivity index (χ2v) is 5.14. The lowest BCUT2D eigenvalue weighted by atomic mass is 9.93. The van der Waals surface area contributed by atoms with Gasteiger partial charge in [-0.05, 0) is 25.3 Å². The molecule has 0 aromatic heterocycles. The van der Waals surface area contributed by atoms with Gasteiger partial charge in [0.25, 0.3) is 0 Å². The molecular formula is C16H25NO2. The lowest BCUT2D eigenvalue weighted by Crippen LogP contribution is -2.44. The van der Waals surface area contributed by atoms with Crippen LogP contribution >= 0.6 is 0 Å². The third-order valence-corrected chi connectivity index (χ3v) is 3.98. The van der Waals surface area contributed by atoms with Gasteiger partial charge < -0.3 is 10.1 Å². The van der Waals surface area contributed by atoms with Gasteiger partial charge in [-0.25, -0.2) is 0 Å². The van der Waals surface area contributed by atoms with Gasteiger partial charge in [0.15, 0.2) is 0 Å². The van der Waals surface area contributed by atoms with E-state index in [0.29, 0.717) is 6.54 Å². The standard InChI is InChI=1S/C16H25NO2/c1-5-16(3,6-2)17-12-14(15(18)19-4)13-10-8-7-9-11-13/h7-11,14,17H,5-6,12H2,1-4H3. The zero-order chi connectivity index (χ0) is 14.3. The fourth-order valence-electron chi connectivity index (χ4n) is 2.01. The van der Waals surface area contributed by atoms with Crippen molar-refractivity contribution in [3.63, 3.8) is 0 Å². The smallest absolute Gasteiger partial charge is 0.314 e. The highest BCUT2D eigenvalue weighted by atomic mass is 16.5. The van der Waals surface area contributed by atoms with Crippen LogP contribution in [0.5, 0.6) is 0 Å². The van der Waals surface area contributed by atoms with Gasteiger partial charge in [-0.1, -0.05) is 44.2 Å². The number of rotatable bonds is 7. The van der Waals surface area contributed by atoms with Gasteiger partial charge >= 0.3 is 5.97 Å². The van der Waals surface area contributed by atoms with E-state index >= 15 is 0 Å². The normalized spacial score (nSPS) is 13.1. The molecule has 3 heteroatoms. The van der Waals surface area contributed by atoms with Crippen LogP contribution in [0.3, 0.4) is 0 Å². The minimum absolute atomic E-state index is 0.0705. The maximum Gasteiger partial charge on any atom is 0.314 e. The van der Waals surface area contributed by atoms with E-state index in [4.69, 9.17) is 4.74 Å². The minimum atomic E-state index is -0.247. The fourth-order valence-corrected chi connectivity index (χ4v) is 2.01. The molecule has 0 amide bonds. The van der Waals surface area contributed by atoms with E-state index in [1.165, 1.54) is 7.11 Å². The van der Waals surface area contributed by atoms with Gasteiger partial charge in [-0.2, -0.15) is 0 Å². The molecule has 0 aliphatic heterocycles. The van der Waals surface area contributed by atoms with Gasteiger partial charge in [0, 0.05) is 12.1 Å². The van der Waals surface area contributed by atoms with Crippen molar-refractivity contribution in [2.24, 2.45) is 0 Å². The number of methoxy groups -OCH3 is 1. The second kappa shape index (κ2) is 7.29. The third kappa shape index (κ3) is 4.35. The first-order valence-electron chi connectivity index (χ1n) is 6.94. The first kappa shape index (κ1) is 15.7. The summed E-state index contributed by atoms with van der Waals surface area (Å²) in [5.74, 6) is -0.433. The molecule has 19 heavy (non-hydrogen) atoms. The highest BCUT2D eigenvalue weighted by Crippen LogP contribution is 2.20. The van der Waals surface area contributed by atoms with Crippen LogP contribution in [0.15, 0.2) is 30.3 Å². The SMILES string of the molecule is CCC(C)(CC)NCC(C(=O)OC)c1ccccc1. The zero-order valence-electron chi connectivity index (χ0n) is 12.4. The van der Waals surface area contributed by atoms with E-state index < -0.39 is 0 Å². The van der Waals surface area contributed by atoms with Gasteiger partial charge in [0.1, 0.15) is 0 Å². The minimum Gasteiger partial charge on any atom is -0.469 e. The van der Waals surface area contributed by atoms with E-state index in [1.54, 1.807) is 0 Å². The van der Waals surface area contributed by atoms with Crippen LogP contribution in [0.2, 0.25) is 0 Å². The van der Waals surface area contributed by atoms with Gasteiger partial charge in [0.05, 0.1) is 13.0 Å². The summed E-state index contributed by atoms with van der Waals surface area (Å²) in [5, 5.41) is 3.51. The van der Waals surface area contributed by atoms with Gasteiger partial charge in [-0.3, -0.25) is 4.79 Å². The predicted molar refractivity (Wildman–Crippen MR) is 78.2 cm³/mol. The fraction of sp³-hybridized carbons (Fsp3) is 0.562. The Morgan fingerprint density at radius 2 is 1.84 bits per heavy atom. The van der Waals surface area contributed by atoms with E-state index in [9.17, 15) is 4.79 Å². The number of benzene rings is 1. The summed E-state index contributed by atoms with van der Waals surface area (Å²) in [4.78, 5) is 11.9. The quantitative estimate of drug-likeness (QED) is 0.768. The molecule has 0 heterocycles. The number of carbonyl (C=O) groups is 1. The van der Waals surface area contributed by atoms with Crippen molar-refractivity contribution in [2.75, 3.05) is 13.7 Å². The Bertz CT molecular complexity index is 385. The predicted octanol–water partition coefficient (Wildman–Crippen LogP) is 3.11. The lowest BCUT2D eigenvalue weighted by Gasteiger charge is -2.30. The number of nitrogens with one attached hydrogen (secondary N) is 1. The van der Waals surface area contributed by atoms with Crippen molar-refractivity contribution in [1.29, 1.82) is 0 Å². The Morgan fingerprint density at radius 1 is 1.26 bits per heavy atom. The summed E-state index contributed by atoms with van der Waals surface area (Å²) in [6, 6.07) is 9.79. The summed E-state index contributed by atoms with van der Waals surface area (Å²) >= 11 is 0. The molecule has 0 fully saturated rings. The zero-order valence-corrected chi connectivity index (χ0v) is 12.4. The van der Waals surface area contributed by atoms with Crippen molar-refractivity contribution in [1.82, 2.24) is 5.32 Å². The van der Waals surface area contributed by atoms with Gasteiger partial charge in [-0.15, -0.1) is 0 Å². The summed E-state index contributed by atoms with van der Waals surface area (Å²) < 4.78 is 4.92. The van der Waals surface area contributed by atoms with Crippen molar-refractivity contribution in [2.45, 2.75) is 45.1 Å². The van der Waals surface area contributed by atoms with Crippen LogP contribution in [-0.4, -0.2) is 25.2 Å². The maximum absolute atomic E-state index is 11.9. The molecule has 1 atom stereocenters. The molecule has 1 aromatic rings. The molecule has 1 rings (SSSR count). The number of carbonyl (C=O) groups excluding carboxylic acids is 1. The van der Waals surface area contributed by atoms with E-state index in [-0.39, 0.29) is 17.4 Å². The van der Waals surface area contributed by atoms with Crippen molar-refractivity contribution >= 4 is 5.97 Å². The molecule has 1 unspecified atom stereocenters. The maximum atomic E-state index is 11.9. The van der Waals surface area contributed by atoms with Crippen molar-refractivity contribution in [3.05, 3.63) is 35.9 Å². The first-order chi connectivity index (χ1) is 9.06. The molecule has 106 valence electrons. The Labute approximate surface area is 116 Å². The Morgan fingerprint density at radius 3 is 2.32 bits per heavy atom. The Kier molecular flexibility index (Phi) is 6.03. The van der Waals surface area contributed by atoms with Crippen LogP contribution in [-0.2, 0) is 9.53 Å². The number of esters is 1. The Balaban J connectivity index is 2.80. The van der Waals surface area contributed by atoms with E-state index in [0.717, 1.165) is 18.4 Å². The average Bonchev–Trinajstić information content (AvgIpc) is 2.48. The summed E-state index contributed by atoms with van der Waals surface area (Å²) in [6.07, 6.45) is 2.07. The van der Waals surface area contributed by atoms with Crippen molar-refractivity contribution < 1.29 is 9.53 Å². The van der Waals surface area contributed by atoms with Crippen molar-refractivity contribution in [3.8, 4) is 0 Å². The summed E-state index contributed by atoms with van der Waals surface area (Å²) in [6.45, 7) is 7.11. The Hall–Kier alpha value is -1.35. The van der Waals surface area contributed by atoms with E-state index in [1.807, 2.05) is 30.3 Å². The van der Waals surface area contributed by atoms with E-state index in [2.05, 4.69) is 26.1 Å². The third-order valence-electron chi connectivity index (χ3n) is 3.98. The molecule has 0 spiro atoms. The van der Waals surface area contributed by atoms with Crippen LogP contribution < -0.4 is 5.32 Å². The van der Waals surface area contributed by atoms with Gasteiger partial charge in [0.2, 0.25) is 0 Å².